The summed E-state index contributed by atoms with van der Waals surface area (Å²) < 4.78 is 0. The van der Waals surface area contributed by atoms with Gasteiger partial charge in [0.25, 0.3) is 0 Å². The molecule has 1 atom stereocenters. The zero-order chi connectivity index (χ0) is 10.2. The smallest absolute Gasteiger partial charge is 0.00205 e. The predicted octanol–water partition coefficient (Wildman–Crippen LogP) is 2.11. The van der Waals surface area contributed by atoms with Gasteiger partial charge in [0, 0.05) is 0 Å². The van der Waals surface area contributed by atoms with Gasteiger partial charge in [-0.1, -0.05) is 6.92 Å². The zero-order valence-corrected chi connectivity index (χ0v) is 9.89. The molecule has 2 nitrogen and oxygen atoms in total. The van der Waals surface area contributed by atoms with Crippen molar-refractivity contribution >= 4 is 0 Å². The van der Waals surface area contributed by atoms with E-state index in [2.05, 4.69) is 24.2 Å². The van der Waals surface area contributed by atoms with Gasteiger partial charge < -0.3 is 10.2 Å². The lowest BCUT2D eigenvalue weighted by Gasteiger charge is -2.23. The molecule has 0 aromatic carbocycles. The summed E-state index contributed by atoms with van der Waals surface area (Å²) >= 11 is 0. The van der Waals surface area contributed by atoms with Gasteiger partial charge in [-0.25, -0.2) is 0 Å². The minimum absolute atomic E-state index is 0.957. The van der Waals surface area contributed by atoms with E-state index in [4.69, 9.17) is 0 Å². The summed E-state index contributed by atoms with van der Waals surface area (Å²) in [6.45, 7) is 7.29. The van der Waals surface area contributed by atoms with E-state index in [1.54, 1.807) is 0 Å². The van der Waals surface area contributed by atoms with Gasteiger partial charge in [0.05, 0.1) is 0 Å². The van der Waals surface area contributed by atoms with Crippen LogP contribution in [0.15, 0.2) is 0 Å². The van der Waals surface area contributed by atoms with Gasteiger partial charge in [0.15, 0.2) is 0 Å². The number of nitrogens with one attached hydrogen (secondary N) is 1. The summed E-state index contributed by atoms with van der Waals surface area (Å²) in [5.74, 6) is 0.957. The highest BCUT2D eigenvalue weighted by Crippen LogP contribution is 2.15. The fourth-order valence-corrected chi connectivity index (χ4v) is 2.31. The van der Waals surface area contributed by atoms with Crippen LogP contribution in [-0.2, 0) is 0 Å². The Morgan fingerprint density at radius 3 is 2.86 bits per heavy atom. The molecule has 0 aromatic rings. The number of rotatable bonds is 6. The van der Waals surface area contributed by atoms with Crippen LogP contribution >= 0.6 is 0 Å². The monoisotopic (exact) mass is 198 g/mol. The third-order valence-corrected chi connectivity index (χ3v) is 3.16. The summed E-state index contributed by atoms with van der Waals surface area (Å²) in [7, 11) is 2.24. The summed E-state index contributed by atoms with van der Waals surface area (Å²) in [6.07, 6.45) is 6.91. The lowest BCUT2D eigenvalue weighted by molar-refractivity contribution is 0.293. The number of hydrogen-bond acceptors (Lipinski definition) is 2. The van der Waals surface area contributed by atoms with Crippen molar-refractivity contribution in [1.29, 1.82) is 0 Å². The first-order valence-electron chi connectivity index (χ1n) is 6.22. The molecule has 1 aliphatic heterocycles. The van der Waals surface area contributed by atoms with Gasteiger partial charge in [0.1, 0.15) is 0 Å². The SMILES string of the molecule is CCCN(C)CCCC1CCCNC1. The largest absolute Gasteiger partial charge is 0.316 e. The van der Waals surface area contributed by atoms with Crippen LogP contribution in [0.25, 0.3) is 0 Å². The second kappa shape index (κ2) is 7.24. The molecule has 1 heterocycles. The summed E-state index contributed by atoms with van der Waals surface area (Å²) in [5, 5.41) is 3.48. The first-order valence-corrected chi connectivity index (χ1v) is 6.22. The minimum Gasteiger partial charge on any atom is -0.316 e. The molecule has 0 aliphatic carbocycles. The van der Waals surface area contributed by atoms with Crippen molar-refractivity contribution in [3.8, 4) is 0 Å². The molecule has 1 saturated heterocycles. The Morgan fingerprint density at radius 1 is 1.36 bits per heavy atom. The van der Waals surface area contributed by atoms with E-state index in [1.807, 2.05) is 0 Å². The van der Waals surface area contributed by atoms with Gasteiger partial charge in [-0.2, -0.15) is 0 Å². The Morgan fingerprint density at radius 2 is 2.21 bits per heavy atom. The van der Waals surface area contributed by atoms with E-state index in [1.165, 1.54) is 58.3 Å². The predicted molar refractivity (Wildman–Crippen MR) is 62.6 cm³/mol. The summed E-state index contributed by atoms with van der Waals surface area (Å²) in [4.78, 5) is 2.45. The van der Waals surface area contributed by atoms with Crippen LogP contribution < -0.4 is 5.32 Å². The number of hydrogen-bond donors (Lipinski definition) is 1. The zero-order valence-electron chi connectivity index (χ0n) is 9.89. The molecule has 1 rings (SSSR count). The summed E-state index contributed by atoms with van der Waals surface area (Å²) in [6, 6.07) is 0. The Labute approximate surface area is 89.1 Å². The molecule has 14 heavy (non-hydrogen) atoms. The first-order chi connectivity index (χ1) is 6.83. The highest BCUT2D eigenvalue weighted by molar-refractivity contribution is 4.69. The Balaban J connectivity index is 1.96. The molecule has 0 amide bonds. The summed E-state index contributed by atoms with van der Waals surface area (Å²) in [5.41, 5.74) is 0. The van der Waals surface area contributed by atoms with Crippen LogP contribution in [0.3, 0.4) is 0 Å². The lowest BCUT2D eigenvalue weighted by Crippen LogP contribution is -2.30. The maximum absolute atomic E-state index is 3.48. The maximum atomic E-state index is 3.48. The highest BCUT2D eigenvalue weighted by atomic mass is 15.1. The van der Waals surface area contributed by atoms with E-state index in [9.17, 15) is 0 Å². The van der Waals surface area contributed by atoms with Gasteiger partial charge >= 0.3 is 0 Å². The topological polar surface area (TPSA) is 15.3 Å². The van der Waals surface area contributed by atoms with E-state index in [0.717, 1.165) is 5.92 Å². The van der Waals surface area contributed by atoms with Crippen LogP contribution in [0.5, 0.6) is 0 Å². The molecule has 1 aliphatic rings. The maximum Gasteiger partial charge on any atom is -0.00205 e. The number of piperidine rings is 1. The van der Waals surface area contributed by atoms with Crippen molar-refractivity contribution < 1.29 is 0 Å². The normalized spacial score (nSPS) is 22.9. The standard InChI is InChI=1S/C12H26N2/c1-3-9-14(2)10-5-7-12-6-4-8-13-11-12/h12-13H,3-11H2,1-2H3. The van der Waals surface area contributed by atoms with Crippen LogP contribution in [0, 0.1) is 5.92 Å². The average molecular weight is 198 g/mol. The van der Waals surface area contributed by atoms with Crippen molar-refractivity contribution in [2.75, 3.05) is 33.2 Å². The van der Waals surface area contributed by atoms with Crippen molar-refractivity contribution in [2.45, 2.75) is 39.0 Å². The quantitative estimate of drug-likeness (QED) is 0.703. The highest BCUT2D eigenvalue weighted by Gasteiger charge is 2.12. The molecule has 0 bridgehead atoms. The van der Waals surface area contributed by atoms with Gasteiger partial charge in [-0.3, -0.25) is 0 Å². The van der Waals surface area contributed by atoms with E-state index in [-0.39, 0.29) is 0 Å². The average Bonchev–Trinajstić information content (AvgIpc) is 2.20. The first kappa shape index (κ1) is 12.0. The van der Waals surface area contributed by atoms with Gasteiger partial charge in [0.2, 0.25) is 0 Å². The van der Waals surface area contributed by atoms with E-state index < -0.39 is 0 Å². The third-order valence-electron chi connectivity index (χ3n) is 3.16. The molecular weight excluding hydrogens is 172 g/mol. The van der Waals surface area contributed by atoms with Crippen LogP contribution in [0.1, 0.15) is 39.0 Å². The van der Waals surface area contributed by atoms with Crippen molar-refractivity contribution in [3.05, 3.63) is 0 Å². The van der Waals surface area contributed by atoms with Gasteiger partial charge in [-0.15, -0.1) is 0 Å². The Bertz CT molecular complexity index is 130. The van der Waals surface area contributed by atoms with Crippen LogP contribution in [0.2, 0.25) is 0 Å². The Hall–Kier alpha value is -0.0800. The van der Waals surface area contributed by atoms with Crippen molar-refractivity contribution in [3.63, 3.8) is 0 Å². The molecule has 2 heteroatoms. The van der Waals surface area contributed by atoms with Crippen LogP contribution in [-0.4, -0.2) is 38.1 Å². The van der Waals surface area contributed by atoms with Gasteiger partial charge in [-0.05, 0) is 71.2 Å². The second-order valence-electron chi connectivity index (χ2n) is 4.66. The number of nitrogens with zero attached hydrogens (tertiary/aromatic N) is 1. The fourth-order valence-electron chi connectivity index (χ4n) is 2.31. The molecule has 0 aromatic heterocycles. The molecular formula is C12H26N2. The lowest BCUT2D eigenvalue weighted by atomic mass is 9.95. The third kappa shape index (κ3) is 4.97. The molecule has 84 valence electrons. The molecule has 0 spiro atoms. The van der Waals surface area contributed by atoms with Crippen molar-refractivity contribution in [1.82, 2.24) is 10.2 Å². The fraction of sp³-hybridized carbons (Fsp3) is 1.00. The van der Waals surface area contributed by atoms with E-state index >= 15 is 0 Å². The van der Waals surface area contributed by atoms with E-state index in [0.29, 0.717) is 0 Å². The second-order valence-corrected chi connectivity index (χ2v) is 4.66. The molecule has 0 saturated carbocycles. The van der Waals surface area contributed by atoms with Crippen LogP contribution in [0.4, 0.5) is 0 Å². The Kier molecular flexibility index (Phi) is 6.20. The molecule has 1 fully saturated rings. The van der Waals surface area contributed by atoms with Crippen molar-refractivity contribution in [2.24, 2.45) is 5.92 Å². The molecule has 1 unspecified atom stereocenters. The molecule has 1 N–H and O–H groups in total. The minimum atomic E-state index is 0.957. The molecule has 0 radical (unpaired) electrons.